The first-order valence-corrected chi connectivity index (χ1v) is 8.36. The molecule has 0 aromatic carbocycles. The number of carbonyl (C=O) groups excluding carboxylic acids is 1. The quantitative estimate of drug-likeness (QED) is 0.788. The molecule has 2 fully saturated rings. The topological polar surface area (TPSA) is 69.6 Å². The van der Waals surface area contributed by atoms with E-state index < -0.39 is 5.97 Å². The van der Waals surface area contributed by atoms with Crippen LogP contribution in [-0.2, 0) is 9.59 Å². The van der Waals surface area contributed by atoms with E-state index in [1.54, 1.807) is 0 Å². The number of aliphatic carboxylic acids is 1. The number of carboxylic acid groups (broad SMARTS) is 1. The molecule has 21 heavy (non-hydrogen) atoms. The molecule has 5 nitrogen and oxygen atoms in total. The van der Waals surface area contributed by atoms with Crippen LogP contribution in [0.1, 0.15) is 64.2 Å². The van der Waals surface area contributed by atoms with Gasteiger partial charge in [-0.3, -0.25) is 14.5 Å². The number of nitrogens with one attached hydrogen (secondary N) is 1. The fourth-order valence-corrected chi connectivity index (χ4v) is 3.75. The number of amides is 1. The third-order valence-corrected chi connectivity index (χ3v) is 4.99. The van der Waals surface area contributed by atoms with Gasteiger partial charge in [-0.2, -0.15) is 0 Å². The van der Waals surface area contributed by atoms with Crippen molar-refractivity contribution in [1.82, 2.24) is 10.2 Å². The van der Waals surface area contributed by atoms with E-state index in [9.17, 15) is 9.59 Å². The number of likely N-dealkylation sites (tertiary alicyclic amines) is 1. The molecular weight excluding hydrogens is 268 g/mol. The van der Waals surface area contributed by atoms with E-state index in [0.717, 1.165) is 25.9 Å². The predicted octanol–water partition coefficient (Wildman–Crippen LogP) is 2.16. The number of nitrogens with zero attached hydrogens (tertiary/aromatic N) is 1. The molecule has 0 atom stereocenters. The van der Waals surface area contributed by atoms with Crippen molar-refractivity contribution in [2.45, 2.75) is 69.7 Å². The molecule has 2 rings (SSSR count). The zero-order chi connectivity index (χ0) is 15.1. The molecule has 1 saturated carbocycles. The lowest BCUT2D eigenvalue weighted by Gasteiger charge is -2.48. The molecule has 1 aliphatic heterocycles. The average Bonchev–Trinajstić information content (AvgIpc) is 2.52. The number of carboxylic acids is 1. The second kappa shape index (κ2) is 7.78. The maximum absolute atomic E-state index is 11.8. The third kappa shape index (κ3) is 4.70. The van der Waals surface area contributed by atoms with Crippen LogP contribution in [0, 0.1) is 0 Å². The molecule has 0 bridgehead atoms. The molecule has 2 aliphatic rings. The van der Waals surface area contributed by atoms with Gasteiger partial charge in [0.05, 0.1) is 6.42 Å². The fraction of sp³-hybridized carbons (Fsp3) is 0.875. The molecule has 0 aromatic rings. The molecular formula is C16H28N2O3. The largest absolute Gasteiger partial charge is 0.481 e. The Morgan fingerprint density at radius 1 is 0.952 bits per heavy atom. The van der Waals surface area contributed by atoms with Gasteiger partial charge in [0.25, 0.3) is 0 Å². The maximum atomic E-state index is 11.8. The monoisotopic (exact) mass is 296 g/mol. The van der Waals surface area contributed by atoms with Gasteiger partial charge in [-0.1, -0.05) is 25.7 Å². The number of rotatable bonds is 6. The summed E-state index contributed by atoms with van der Waals surface area (Å²) in [4.78, 5) is 24.9. The van der Waals surface area contributed by atoms with E-state index in [1.807, 2.05) is 0 Å². The highest BCUT2D eigenvalue weighted by Crippen LogP contribution is 2.35. The normalized spacial score (nSPS) is 22.7. The Morgan fingerprint density at radius 3 is 2.19 bits per heavy atom. The van der Waals surface area contributed by atoms with Crippen LogP contribution in [0.15, 0.2) is 0 Å². The Bertz CT molecular complexity index is 359. The van der Waals surface area contributed by atoms with Gasteiger partial charge in [-0.15, -0.1) is 0 Å². The molecule has 0 aromatic heterocycles. The fourth-order valence-electron chi connectivity index (χ4n) is 3.75. The minimum atomic E-state index is -0.909. The van der Waals surface area contributed by atoms with Crippen LogP contribution in [0.5, 0.6) is 0 Å². The van der Waals surface area contributed by atoms with Crippen LogP contribution in [0.2, 0.25) is 0 Å². The Kier molecular flexibility index (Phi) is 6.03. The lowest BCUT2D eigenvalue weighted by molar-refractivity contribution is -0.138. The molecule has 0 radical (unpaired) electrons. The van der Waals surface area contributed by atoms with Crippen LogP contribution < -0.4 is 5.32 Å². The van der Waals surface area contributed by atoms with E-state index >= 15 is 0 Å². The summed E-state index contributed by atoms with van der Waals surface area (Å²) in [7, 11) is 0. The lowest BCUT2D eigenvalue weighted by Crippen LogP contribution is -2.58. The zero-order valence-electron chi connectivity index (χ0n) is 12.9. The number of hydrogen-bond acceptors (Lipinski definition) is 3. The highest BCUT2D eigenvalue weighted by molar-refractivity contribution is 5.80. The molecule has 120 valence electrons. The van der Waals surface area contributed by atoms with Crippen molar-refractivity contribution in [3.63, 3.8) is 0 Å². The van der Waals surface area contributed by atoms with Crippen molar-refractivity contribution in [1.29, 1.82) is 0 Å². The Labute approximate surface area is 127 Å². The molecule has 1 saturated heterocycles. The van der Waals surface area contributed by atoms with Gasteiger partial charge in [-0.25, -0.2) is 0 Å². The summed E-state index contributed by atoms with van der Waals surface area (Å²) in [6.07, 6.45) is 9.93. The summed E-state index contributed by atoms with van der Waals surface area (Å²) in [5.74, 6) is -1.03. The van der Waals surface area contributed by atoms with E-state index in [4.69, 9.17) is 5.11 Å². The van der Waals surface area contributed by atoms with Gasteiger partial charge in [0.1, 0.15) is 0 Å². The minimum absolute atomic E-state index is 0.0808. The standard InChI is InChI=1S/C16H28N2O3/c19-14(7-8-15(20)21)17-13-16(9-3-1-4-10-16)18-11-5-2-6-12-18/h1-13H2,(H,17,19)(H,20,21). The first kappa shape index (κ1) is 16.3. The molecule has 1 aliphatic carbocycles. The minimum Gasteiger partial charge on any atom is -0.481 e. The summed E-state index contributed by atoms with van der Waals surface area (Å²) < 4.78 is 0. The van der Waals surface area contributed by atoms with Crippen LogP contribution >= 0.6 is 0 Å². The Hall–Kier alpha value is -1.10. The van der Waals surface area contributed by atoms with E-state index in [0.29, 0.717) is 6.54 Å². The molecule has 1 heterocycles. The number of carbonyl (C=O) groups is 2. The first-order valence-electron chi connectivity index (χ1n) is 8.36. The van der Waals surface area contributed by atoms with Gasteiger partial charge >= 0.3 is 5.97 Å². The van der Waals surface area contributed by atoms with Gasteiger partial charge in [0, 0.05) is 18.5 Å². The number of piperidine rings is 1. The van der Waals surface area contributed by atoms with Crippen molar-refractivity contribution in [2.75, 3.05) is 19.6 Å². The zero-order valence-corrected chi connectivity index (χ0v) is 12.9. The van der Waals surface area contributed by atoms with Crippen LogP contribution in [0.4, 0.5) is 0 Å². The SMILES string of the molecule is O=C(O)CCC(=O)NCC1(N2CCCCC2)CCCCC1. The van der Waals surface area contributed by atoms with E-state index in [2.05, 4.69) is 10.2 Å². The molecule has 1 amide bonds. The summed E-state index contributed by atoms with van der Waals surface area (Å²) in [5, 5.41) is 11.6. The molecule has 2 N–H and O–H groups in total. The van der Waals surface area contributed by atoms with Gasteiger partial charge < -0.3 is 10.4 Å². The van der Waals surface area contributed by atoms with Crippen molar-refractivity contribution >= 4 is 11.9 Å². The van der Waals surface area contributed by atoms with Gasteiger partial charge in [0.15, 0.2) is 0 Å². The van der Waals surface area contributed by atoms with Gasteiger partial charge in [-0.05, 0) is 38.8 Å². The Morgan fingerprint density at radius 2 is 1.57 bits per heavy atom. The van der Waals surface area contributed by atoms with E-state index in [1.165, 1.54) is 38.5 Å². The highest BCUT2D eigenvalue weighted by Gasteiger charge is 2.38. The molecule has 0 unspecified atom stereocenters. The summed E-state index contributed by atoms with van der Waals surface area (Å²) in [6.45, 7) is 2.97. The smallest absolute Gasteiger partial charge is 0.303 e. The van der Waals surface area contributed by atoms with Crippen LogP contribution in [-0.4, -0.2) is 47.1 Å². The average molecular weight is 296 g/mol. The predicted molar refractivity (Wildman–Crippen MR) is 81.1 cm³/mol. The van der Waals surface area contributed by atoms with Crippen LogP contribution in [0.3, 0.4) is 0 Å². The third-order valence-electron chi connectivity index (χ3n) is 4.99. The number of hydrogen-bond donors (Lipinski definition) is 2. The van der Waals surface area contributed by atoms with Gasteiger partial charge in [0.2, 0.25) is 5.91 Å². The second-order valence-corrected chi connectivity index (χ2v) is 6.50. The van der Waals surface area contributed by atoms with Crippen LogP contribution in [0.25, 0.3) is 0 Å². The summed E-state index contributed by atoms with van der Waals surface area (Å²) in [6, 6.07) is 0. The molecule has 0 spiro atoms. The summed E-state index contributed by atoms with van der Waals surface area (Å²) in [5.41, 5.74) is 0.123. The van der Waals surface area contributed by atoms with Crippen molar-refractivity contribution in [2.24, 2.45) is 0 Å². The first-order chi connectivity index (χ1) is 10.1. The van der Waals surface area contributed by atoms with E-state index in [-0.39, 0.29) is 24.3 Å². The Balaban J connectivity index is 1.89. The summed E-state index contributed by atoms with van der Waals surface area (Å²) >= 11 is 0. The van der Waals surface area contributed by atoms with Crippen molar-refractivity contribution < 1.29 is 14.7 Å². The lowest BCUT2D eigenvalue weighted by atomic mass is 9.79. The molecule has 5 heteroatoms. The van der Waals surface area contributed by atoms with Crippen molar-refractivity contribution in [3.05, 3.63) is 0 Å². The highest BCUT2D eigenvalue weighted by atomic mass is 16.4. The second-order valence-electron chi connectivity index (χ2n) is 6.50. The van der Waals surface area contributed by atoms with Crippen molar-refractivity contribution in [3.8, 4) is 0 Å². The maximum Gasteiger partial charge on any atom is 0.303 e.